The van der Waals surface area contributed by atoms with Crippen LogP contribution in [0.1, 0.15) is 30.6 Å². The zero-order valence-electron chi connectivity index (χ0n) is 12.2. The largest absolute Gasteiger partial charge is 0.363 e. The second-order valence-electron chi connectivity index (χ2n) is 5.03. The first kappa shape index (κ1) is 14.4. The Morgan fingerprint density at radius 3 is 2.86 bits per heavy atom. The van der Waals surface area contributed by atoms with E-state index in [2.05, 4.69) is 20.4 Å². The van der Waals surface area contributed by atoms with E-state index in [1.54, 1.807) is 6.07 Å². The molecule has 0 radical (unpaired) electrons. The molecule has 0 aliphatic carbocycles. The SMILES string of the molecule is CCC(Nc1cc(C)nc2ncnn12)c1cc(F)ccc1F. The van der Waals surface area contributed by atoms with Crippen molar-refractivity contribution >= 4 is 11.6 Å². The smallest absolute Gasteiger partial charge is 0.254 e. The lowest BCUT2D eigenvalue weighted by molar-refractivity contribution is 0.566. The molecular weight excluding hydrogens is 288 g/mol. The lowest BCUT2D eigenvalue weighted by atomic mass is 10.0. The molecule has 0 saturated carbocycles. The lowest BCUT2D eigenvalue weighted by Crippen LogP contribution is -2.15. The van der Waals surface area contributed by atoms with Gasteiger partial charge >= 0.3 is 0 Å². The predicted molar refractivity (Wildman–Crippen MR) is 78.5 cm³/mol. The second-order valence-corrected chi connectivity index (χ2v) is 5.03. The summed E-state index contributed by atoms with van der Waals surface area (Å²) in [7, 11) is 0. The number of benzene rings is 1. The summed E-state index contributed by atoms with van der Waals surface area (Å²) in [5, 5.41) is 7.29. The van der Waals surface area contributed by atoms with Crippen molar-refractivity contribution in [3.05, 3.63) is 53.5 Å². The van der Waals surface area contributed by atoms with Crippen molar-refractivity contribution in [2.24, 2.45) is 0 Å². The Labute approximate surface area is 126 Å². The predicted octanol–water partition coefficient (Wildman–Crippen LogP) is 3.27. The molecular formula is C15H15F2N5. The maximum Gasteiger partial charge on any atom is 0.254 e. The van der Waals surface area contributed by atoms with Crippen LogP contribution in [-0.4, -0.2) is 19.6 Å². The number of anilines is 1. The number of rotatable bonds is 4. The van der Waals surface area contributed by atoms with Crippen LogP contribution < -0.4 is 5.32 Å². The summed E-state index contributed by atoms with van der Waals surface area (Å²) in [6.07, 6.45) is 1.98. The number of hydrogen-bond donors (Lipinski definition) is 1. The van der Waals surface area contributed by atoms with Gasteiger partial charge in [-0.05, 0) is 31.5 Å². The van der Waals surface area contributed by atoms with Gasteiger partial charge in [0.15, 0.2) is 0 Å². The van der Waals surface area contributed by atoms with E-state index in [9.17, 15) is 8.78 Å². The van der Waals surface area contributed by atoms with E-state index >= 15 is 0 Å². The Kier molecular flexibility index (Phi) is 3.70. The number of aromatic nitrogens is 4. The van der Waals surface area contributed by atoms with Crippen LogP contribution in [-0.2, 0) is 0 Å². The summed E-state index contributed by atoms with van der Waals surface area (Å²) in [6.45, 7) is 3.73. The van der Waals surface area contributed by atoms with Crippen LogP contribution in [0.3, 0.4) is 0 Å². The molecule has 2 aromatic heterocycles. The van der Waals surface area contributed by atoms with E-state index in [0.29, 0.717) is 18.0 Å². The van der Waals surface area contributed by atoms with Crippen LogP contribution >= 0.6 is 0 Å². The number of halogens is 2. The van der Waals surface area contributed by atoms with E-state index < -0.39 is 11.6 Å². The molecule has 114 valence electrons. The van der Waals surface area contributed by atoms with Gasteiger partial charge in [0.05, 0.1) is 6.04 Å². The van der Waals surface area contributed by atoms with Gasteiger partial charge in [-0.1, -0.05) is 6.92 Å². The van der Waals surface area contributed by atoms with Crippen molar-refractivity contribution in [3.8, 4) is 0 Å². The molecule has 0 fully saturated rings. The molecule has 0 spiro atoms. The highest BCUT2D eigenvalue weighted by molar-refractivity contribution is 5.46. The Hall–Kier alpha value is -2.57. The monoisotopic (exact) mass is 303 g/mol. The van der Waals surface area contributed by atoms with E-state index in [1.807, 2.05) is 13.8 Å². The highest BCUT2D eigenvalue weighted by atomic mass is 19.1. The van der Waals surface area contributed by atoms with Crippen molar-refractivity contribution < 1.29 is 8.78 Å². The maximum absolute atomic E-state index is 14.0. The molecule has 0 saturated heterocycles. The van der Waals surface area contributed by atoms with Gasteiger partial charge in [-0.15, -0.1) is 0 Å². The zero-order valence-corrected chi connectivity index (χ0v) is 12.2. The molecule has 1 aromatic carbocycles. The molecule has 0 bridgehead atoms. The molecule has 1 atom stereocenters. The summed E-state index contributed by atoms with van der Waals surface area (Å²) in [5.74, 6) is 0.183. The van der Waals surface area contributed by atoms with Gasteiger partial charge in [-0.2, -0.15) is 14.6 Å². The lowest BCUT2D eigenvalue weighted by Gasteiger charge is -2.20. The minimum Gasteiger partial charge on any atom is -0.363 e. The third kappa shape index (κ3) is 2.61. The fourth-order valence-electron chi connectivity index (χ4n) is 2.39. The van der Waals surface area contributed by atoms with Gasteiger partial charge in [0.1, 0.15) is 23.8 Å². The molecule has 3 aromatic rings. The van der Waals surface area contributed by atoms with Gasteiger partial charge < -0.3 is 5.32 Å². The van der Waals surface area contributed by atoms with Gasteiger partial charge in [-0.25, -0.2) is 13.8 Å². The van der Waals surface area contributed by atoms with Gasteiger partial charge in [0.25, 0.3) is 5.78 Å². The Bertz CT molecular complexity index is 815. The number of nitrogens with one attached hydrogen (secondary N) is 1. The molecule has 0 aliphatic rings. The van der Waals surface area contributed by atoms with E-state index in [0.717, 1.165) is 17.8 Å². The Balaban J connectivity index is 2.01. The van der Waals surface area contributed by atoms with Crippen molar-refractivity contribution in [3.63, 3.8) is 0 Å². The van der Waals surface area contributed by atoms with Gasteiger partial charge in [0.2, 0.25) is 0 Å². The van der Waals surface area contributed by atoms with Crippen LogP contribution in [0.4, 0.5) is 14.6 Å². The number of nitrogens with zero attached hydrogens (tertiary/aromatic N) is 4. The number of aryl methyl sites for hydroxylation is 1. The summed E-state index contributed by atoms with van der Waals surface area (Å²) >= 11 is 0. The average Bonchev–Trinajstić information content (AvgIpc) is 2.95. The van der Waals surface area contributed by atoms with E-state index in [4.69, 9.17) is 0 Å². The molecule has 5 nitrogen and oxygen atoms in total. The van der Waals surface area contributed by atoms with Crippen LogP contribution in [0.15, 0.2) is 30.6 Å². The van der Waals surface area contributed by atoms with Gasteiger partial charge in [0, 0.05) is 17.3 Å². The first-order chi connectivity index (χ1) is 10.6. The molecule has 3 rings (SSSR count). The van der Waals surface area contributed by atoms with Crippen molar-refractivity contribution in [2.45, 2.75) is 26.3 Å². The third-order valence-corrected chi connectivity index (χ3v) is 3.44. The topological polar surface area (TPSA) is 55.1 Å². The molecule has 1 N–H and O–H groups in total. The fraction of sp³-hybridized carbons (Fsp3) is 0.267. The van der Waals surface area contributed by atoms with Crippen LogP contribution in [0.25, 0.3) is 5.78 Å². The first-order valence-electron chi connectivity index (χ1n) is 6.97. The minimum absolute atomic E-state index is 0.283. The minimum atomic E-state index is -0.464. The Morgan fingerprint density at radius 1 is 1.27 bits per heavy atom. The first-order valence-corrected chi connectivity index (χ1v) is 6.97. The third-order valence-electron chi connectivity index (χ3n) is 3.44. The standard InChI is InChI=1S/C15H15F2N5/c1-3-13(11-7-10(16)4-5-12(11)17)21-14-6-9(2)20-15-18-8-19-22(14)15/h4-8,13,21H,3H2,1-2H3. The van der Waals surface area contributed by atoms with Crippen LogP contribution in [0.5, 0.6) is 0 Å². The average molecular weight is 303 g/mol. The molecule has 1 unspecified atom stereocenters. The summed E-state index contributed by atoms with van der Waals surface area (Å²) < 4.78 is 28.9. The van der Waals surface area contributed by atoms with E-state index in [1.165, 1.54) is 16.9 Å². The number of hydrogen-bond acceptors (Lipinski definition) is 4. The highest BCUT2D eigenvalue weighted by Gasteiger charge is 2.17. The Morgan fingerprint density at radius 2 is 2.09 bits per heavy atom. The van der Waals surface area contributed by atoms with Crippen molar-refractivity contribution in [1.82, 2.24) is 19.6 Å². The van der Waals surface area contributed by atoms with Crippen LogP contribution in [0.2, 0.25) is 0 Å². The molecule has 0 aliphatic heterocycles. The quantitative estimate of drug-likeness (QED) is 0.803. The molecule has 22 heavy (non-hydrogen) atoms. The maximum atomic E-state index is 14.0. The summed E-state index contributed by atoms with van der Waals surface area (Å²) in [4.78, 5) is 8.29. The highest BCUT2D eigenvalue weighted by Crippen LogP contribution is 2.25. The summed E-state index contributed by atoms with van der Waals surface area (Å²) in [6, 6.07) is 4.87. The normalized spacial score (nSPS) is 12.5. The fourth-order valence-corrected chi connectivity index (χ4v) is 2.39. The molecule has 2 heterocycles. The molecule has 0 amide bonds. The number of fused-ring (bicyclic) bond motifs is 1. The summed E-state index contributed by atoms with van der Waals surface area (Å²) in [5.41, 5.74) is 1.04. The van der Waals surface area contributed by atoms with Crippen molar-refractivity contribution in [1.29, 1.82) is 0 Å². The zero-order chi connectivity index (χ0) is 15.7. The second kappa shape index (κ2) is 5.67. The van der Waals surface area contributed by atoms with E-state index in [-0.39, 0.29) is 11.6 Å². The van der Waals surface area contributed by atoms with Crippen LogP contribution in [0, 0.1) is 18.6 Å². The molecule has 7 heteroatoms. The van der Waals surface area contributed by atoms with Crippen molar-refractivity contribution in [2.75, 3.05) is 5.32 Å². The van der Waals surface area contributed by atoms with Gasteiger partial charge in [-0.3, -0.25) is 0 Å².